The molecule has 3 heterocycles. The molecule has 1 saturated heterocycles. The normalized spacial score (nSPS) is 17.3. The summed E-state index contributed by atoms with van der Waals surface area (Å²) in [5, 5.41) is 24.6. The van der Waals surface area contributed by atoms with Crippen LogP contribution in [0.4, 0.5) is 0 Å². The number of guanidine groups is 1. The fourth-order valence-electron chi connectivity index (χ4n) is 7.91. The van der Waals surface area contributed by atoms with E-state index in [2.05, 4.69) is 46.5 Å². The van der Waals surface area contributed by atoms with Crippen LogP contribution in [0.1, 0.15) is 91.3 Å². The lowest BCUT2D eigenvalue weighted by molar-refractivity contribution is -0.146. The van der Waals surface area contributed by atoms with E-state index in [9.17, 15) is 38.7 Å². The molecule has 14 N–H and O–H groups in total. The van der Waals surface area contributed by atoms with Crippen molar-refractivity contribution in [3.05, 3.63) is 54.2 Å². The van der Waals surface area contributed by atoms with Gasteiger partial charge in [0.05, 0.1) is 12.4 Å². The number of hydrogen-bond donors (Lipinski definition) is 11. The Morgan fingerprint density at radius 2 is 1.48 bits per heavy atom. The zero-order valence-electron chi connectivity index (χ0n) is 38.8. The van der Waals surface area contributed by atoms with Crippen LogP contribution in [-0.2, 0) is 46.4 Å². The van der Waals surface area contributed by atoms with Crippen LogP contribution in [-0.4, -0.2) is 128 Å². The van der Waals surface area contributed by atoms with E-state index < -0.39 is 95.5 Å². The van der Waals surface area contributed by atoms with E-state index in [0.717, 1.165) is 10.9 Å². The van der Waals surface area contributed by atoms with E-state index in [0.29, 0.717) is 43.4 Å². The van der Waals surface area contributed by atoms with Crippen molar-refractivity contribution in [3.8, 4) is 0 Å². The average molecular weight is 920 g/mol. The lowest BCUT2D eigenvalue weighted by atomic mass is 9.96. The molecule has 0 aliphatic carbocycles. The van der Waals surface area contributed by atoms with E-state index in [-0.39, 0.29) is 44.2 Å². The van der Waals surface area contributed by atoms with Crippen molar-refractivity contribution in [2.24, 2.45) is 39.9 Å². The van der Waals surface area contributed by atoms with Crippen LogP contribution in [0.3, 0.4) is 0 Å². The van der Waals surface area contributed by atoms with Crippen molar-refractivity contribution >= 4 is 58.3 Å². The number of likely N-dealkylation sites (tertiary alicyclic amines) is 1. The van der Waals surface area contributed by atoms with Crippen molar-refractivity contribution in [2.75, 3.05) is 13.1 Å². The first-order chi connectivity index (χ1) is 31.4. The van der Waals surface area contributed by atoms with E-state index >= 15 is 0 Å². The maximum absolute atomic E-state index is 14.6. The predicted molar refractivity (Wildman–Crippen MR) is 248 cm³/mol. The van der Waals surface area contributed by atoms with Gasteiger partial charge in [-0.1, -0.05) is 72.6 Å². The Morgan fingerprint density at radius 3 is 2.12 bits per heavy atom. The SMILES string of the molecule is CC[C@H](C)[C@H](NC(=O)[C@@H]1CCCN1C(=O)[C@H](Cc1cnc[nH]1)NC(=O)[C@@H](NC(=O)[C@H](Cc1c[nH]c2ccccc12)NC(=O)[C@@H](NC(=O)[C@@H](N)CCCN=C(N)N)C(C)C)[C@@H](C)CC)C(=O)O. The summed E-state index contributed by atoms with van der Waals surface area (Å²) in [7, 11) is 0. The molecule has 0 bridgehead atoms. The zero-order valence-corrected chi connectivity index (χ0v) is 38.8. The van der Waals surface area contributed by atoms with Crippen molar-refractivity contribution < 1.29 is 38.7 Å². The molecule has 1 fully saturated rings. The number of carboxylic acid groups (broad SMARTS) is 1. The number of aliphatic imine (C=N–C) groups is 1. The molecule has 66 heavy (non-hydrogen) atoms. The highest BCUT2D eigenvalue weighted by Crippen LogP contribution is 2.23. The Kier molecular flexibility index (Phi) is 19.5. The summed E-state index contributed by atoms with van der Waals surface area (Å²) in [5.41, 5.74) is 19.0. The molecule has 4 rings (SSSR count). The van der Waals surface area contributed by atoms with Gasteiger partial charge in [0.25, 0.3) is 0 Å². The Bertz CT molecular complexity index is 2150. The molecule has 1 aliphatic rings. The molecule has 362 valence electrons. The van der Waals surface area contributed by atoms with E-state index in [1.54, 1.807) is 33.9 Å². The number of H-pyrrole nitrogens is 2. The highest BCUT2D eigenvalue weighted by molar-refractivity contribution is 5.98. The summed E-state index contributed by atoms with van der Waals surface area (Å²) in [6.45, 7) is 11.1. The van der Waals surface area contributed by atoms with Gasteiger partial charge < -0.3 is 63.8 Å². The number of carbonyl (C=O) groups excluding carboxylic acids is 6. The number of aliphatic carboxylic acids is 1. The van der Waals surface area contributed by atoms with E-state index in [1.807, 2.05) is 38.1 Å². The van der Waals surface area contributed by atoms with Gasteiger partial charge in [0.15, 0.2) is 5.96 Å². The standard InChI is InChI=1S/C45H69N13O8/c1-7-25(5)36(42(63)54-33(20-28-22-49-23-52-28)43(64)58-18-12-16-34(58)40(61)57-37(44(65)66)26(6)8-2)56-39(60)32(19-27-21-51-31-15-10-9-13-29(27)31)53-41(62)35(24(3)4)55-38(59)30(46)14-11-17-50-45(47)48/h9-10,13,15,21-26,30,32-37,51H,7-8,11-12,14,16-20,46H2,1-6H3,(H,49,52)(H,53,62)(H,54,63)(H,55,59)(H,56,60)(H,57,61)(H,65,66)(H4,47,48,50)/t25-,26-,30-,32-,33-,34-,35-,36-,37-/m0/s1. The number of imidazole rings is 1. The van der Waals surface area contributed by atoms with Gasteiger partial charge in [-0.25, -0.2) is 9.78 Å². The first-order valence-electron chi connectivity index (χ1n) is 22.7. The molecule has 3 aromatic rings. The Labute approximate surface area is 385 Å². The molecule has 0 spiro atoms. The number of para-hydroxylation sites is 1. The first kappa shape index (κ1) is 52.1. The molecular formula is C45H69N13O8. The van der Waals surface area contributed by atoms with Crippen molar-refractivity contribution in [1.29, 1.82) is 0 Å². The number of amides is 6. The minimum atomic E-state index is -1.25. The van der Waals surface area contributed by atoms with Crippen molar-refractivity contribution in [1.82, 2.24) is 46.4 Å². The molecule has 1 aliphatic heterocycles. The molecule has 1 aromatic carbocycles. The molecule has 21 heteroatoms. The third-order valence-corrected chi connectivity index (χ3v) is 12.3. The van der Waals surface area contributed by atoms with Gasteiger partial charge in [-0.05, 0) is 55.1 Å². The summed E-state index contributed by atoms with van der Waals surface area (Å²) in [6.07, 6.45) is 6.99. The molecule has 6 amide bonds. The lowest BCUT2D eigenvalue weighted by Gasteiger charge is -2.32. The number of carbonyl (C=O) groups is 7. The highest BCUT2D eigenvalue weighted by Gasteiger charge is 2.41. The fraction of sp³-hybridized carbons (Fsp3) is 0.578. The van der Waals surface area contributed by atoms with Crippen molar-refractivity contribution in [3.63, 3.8) is 0 Å². The van der Waals surface area contributed by atoms with Crippen LogP contribution in [0.5, 0.6) is 0 Å². The summed E-state index contributed by atoms with van der Waals surface area (Å²) in [4.78, 5) is 112. The Balaban J connectivity index is 1.60. The van der Waals surface area contributed by atoms with Crippen LogP contribution in [0, 0.1) is 17.8 Å². The van der Waals surface area contributed by atoms with Crippen LogP contribution < -0.4 is 43.8 Å². The number of carboxylic acids is 1. The van der Waals surface area contributed by atoms with Gasteiger partial charge in [0, 0.05) is 54.9 Å². The number of aromatic nitrogens is 3. The van der Waals surface area contributed by atoms with Crippen LogP contribution in [0.2, 0.25) is 0 Å². The Hall–Kier alpha value is -6.51. The van der Waals surface area contributed by atoms with Gasteiger partial charge in [-0.15, -0.1) is 0 Å². The summed E-state index contributed by atoms with van der Waals surface area (Å²) in [6, 6.07) is -0.424. The second kappa shape index (κ2) is 24.7. The number of nitrogens with zero attached hydrogens (tertiary/aromatic N) is 3. The predicted octanol–water partition coefficient (Wildman–Crippen LogP) is 0.305. The molecule has 9 atom stereocenters. The minimum absolute atomic E-state index is 0.00137. The largest absolute Gasteiger partial charge is 0.480 e. The third-order valence-electron chi connectivity index (χ3n) is 12.3. The number of nitrogens with one attached hydrogen (secondary N) is 7. The van der Waals surface area contributed by atoms with Crippen LogP contribution >= 0.6 is 0 Å². The minimum Gasteiger partial charge on any atom is -0.480 e. The van der Waals surface area contributed by atoms with Gasteiger partial charge in [0.1, 0.15) is 36.3 Å². The second-order valence-corrected chi connectivity index (χ2v) is 17.5. The average Bonchev–Trinajstić information content (AvgIpc) is 4.08. The third kappa shape index (κ3) is 14.2. The van der Waals surface area contributed by atoms with E-state index in [4.69, 9.17) is 17.2 Å². The maximum atomic E-state index is 14.6. The van der Waals surface area contributed by atoms with Crippen LogP contribution in [0.15, 0.2) is 48.0 Å². The lowest BCUT2D eigenvalue weighted by Crippen LogP contribution is -2.61. The first-order valence-corrected chi connectivity index (χ1v) is 22.7. The fourth-order valence-corrected chi connectivity index (χ4v) is 7.91. The highest BCUT2D eigenvalue weighted by atomic mass is 16.4. The summed E-state index contributed by atoms with van der Waals surface area (Å²) < 4.78 is 0. The van der Waals surface area contributed by atoms with Crippen molar-refractivity contribution in [2.45, 2.75) is 135 Å². The molecule has 0 saturated carbocycles. The molecule has 2 aromatic heterocycles. The number of aromatic amines is 2. The number of hydrogen-bond acceptors (Lipinski definition) is 10. The second-order valence-electron chi connectivity index (χ2n) is 17.5. The maximum Gasteiger partial charge on any atom is 0.326 e. The molecule has 0 radical (unpaired) electrons. The van der Waals surface area contributed by atoms with Gasteiger partial charge in [-0.3, -0.25) is 33.8 Å². The van der Waals surface area contributed by atoms with Gasteiger partial charge in [0.2, 0.25) is 35.4 Å². The number of benzene rings is 1. The summed E-state index contributed by atoms with van der Waals surface area (Å²) in [5.74, 6) is -6.31. The molecular weight excluding hydrogens is 851 g/mol. The number of nitrogens with two attached hydrogens (primary N) is 3. The van der Waals surface area contributed by atoms with Gasteiger partial charge in [-0.2, -0.15) is 0 Å². The number of fused-ring (bicyclic) bond motifs is 1. The van der Waals surface area contributed by atoms with Crippen LogP contribution in [0.25, 0.3) is 10.9 Å². The zero-order chi connectivity index (χ0) is 48.7. The monoisotopic (exact) mass is 920 g/mol. The Morgan fingerprint density at radius 1 is 0.833 bits per heavy atom. The number of rotatable bonds is 25. The van der Waals surface area contributed by atoms with Gasteiger partial charge >= 0.3 is 5.97 Å². The molecule has 0 unspecified atom stereocenters. The smallest absolute Gasteiger partial charge is 0.326 e. The summed E-state index contributed by atoms with van der Waals surface area (Å²) >= 11 is 0. The van der Waals surface area contributed by atoms with E-state index in [1.165, 1.54) is 17.4 Å². The topological polar surface area (TPSA) is 338 Å². The molecule has 21 nitrogen and oxygen atoms in total. The quantitative estimate of drug-likeness (QED) is 0.0311.